The molecule has 1 fully saturated rings. The molecule has 1 aliphatic rings. The number of rotatable bonds is 28. The maximum Gasteiger partial charge on any atom is 0.472 e. The van der Waals surface area contributed by atoms with Crippen molar-refractivity contribution in [3.8, 4) is 0 Å². The van der Waals surface area contributed by atoms with Crippen molar-refractivity contribution in [3.05, 3.63) is 36.5 Å². The van der Waals surface area contributed by atoms with Crippen LogP contribution in [-0.4, -0.2) is 108 Å². The van der Waals surface area contributed by atoms with Crippen LogP contribution < -0.4 is 5.32 Å². The van der Waals surface area contributed by atoms with Gasteiger partial charge in [-0.2, -0.15) is 0 Å². The van der Waals surface area contributed by atoms with Crippen molar-refractivity contribution in [1.82, 2.24) is 5.32 Å². The zero-order valence-electron chi connectivity index (χ0n) is 30.0. The minimum absolute atomic E-state index is 0.260. The van der Waals surface area contributed by atoms with E-state index in [9.17, 15) is 50.0 Å². The van der Waals surface area contributed by atoms with Crippen LogP contribution >= 0.6 is 7.82 Å². The number of aliphatic hydroxyl groups excluding tert-OH is 7. The van der Waals surface area contributed by atoms with Gasteiger partial charge in [0.05, 0.1) is 31.3 Å². The highest BCUT2D eigenvalue weighted by atomic mass is 31.2. The minimum atomic E-state index is -5.13. The van der Waals surface area contributed by atoms with E-state index in [1.54, 1.807) is 6.08 Å². The van der Waals surface area contributed by atoms with Gasteiger partial charge in [-0.15, -0.1) is 0 Å². The van der Waals surface area contributed by atoms with Crippen molar-refractivity contribution in [2.45, 2.75) is 178 Å². The van der Waals surface area contributed by atoms with Gasteiger partial charge in [-0.05, 0) is 51.4 Å². The molecule has 0 aromatic rings. The summed E-state index contributed by atoms with van der Waals surface area (Å²) in [6.07, 6.45) is 13.0. The van der Waals surface area contributed by atoms with E-state index >= 15 is 0 Å². The molecular formula is C36H66NO12P. The van der Waals surface area contributed by atoms with Crippen LogP contribution in [-0.2, 0) is 18.4 Å². The molecule has 1 aliphatic carbocycles. The maximum absolute atomic E-state index is 12.8. The molecule has 292 valence electrons. The summed E-state index contributed by atoms with van der Waals surface area (Å²) >= 11 is 0. The lowest BCUT2D eigenvalue weighted by Gasteiger charge is -2.41. The van der Waals surface area contributed by atoms with Crippen molar-refractivity contribution >= 4 is 13.7 Å². The first-order valence-electron chi connectivity index (χ1n) is 18.5. The van der Waals surface area contributed by atoms with Crippen molar-refractivity contribution in [2.75, 3.05) is 6.61 Å². The van der Waals surface area contributed by atoms with E-state index in [4.69, 9.17) is 9.05 Å². The van der Waals surface area contributed by atoms with Crippen molar-refractivity contribution in [1.29, 1.82) is 0 Å². The lowest BCUT2D eigenvalue weighted by atomic mass is 9.85. The molecule has 0 spiro atoms. The first kappa shape index (κ1) is 46.5. The summed E-state index contributed by atoms with van der Waals surface area (Å²) in [6.45, 7) is 3.53. The molecule has 0 aliphatic heterocycles. The van der Waals surface area contributed by atoms with Gasteiger partial charge in [0.25, 0.3) is 0 Å². The Hall–Kier alpha value is -1.48. The number of phosphoric acid groups is 1. The Balaban J connectivity index is 2.63. The minimum Gasteiger partial charge on any atom is -0.393 e. The summed E-state index contributed by atoms with van der Waals surface area (Å²) < 4.78 is 22.6. The fourth-order valence-corrected chi connectivity index (χ4v) is 6.52. The number of hydrogen-bond acceptors (Lipinski definition) is 11. The molecule has 0 radical (unpaired) electrons. The first-order chi connectivity index (χ1) is 23.8. The summed E-state index contributed by atoms with van der Waals surface area (Å²) in [7, 11) is -5.13. The second kappa shape index (κ2) is 27.2. The van der Waals surface area contributed by atoms with Crippen LogP contribution in [0.3, 0.4) is 0 Å². The van der Waals surface area contributed by atoms with Gasteiger partial charge in [-0.1, -0.05) is 102 Å². The largest absolute Gasteiger partial charge is 0.472 e. The molecule has 8 unspecified atom stereocenters. The van der Waals surface area contributed by atoms with Gasteiger partial charge in [0.15, 0.2) is 0 Å². The van der Waals surface area contributed by atoms with E-state index in [1.807, 2.05) is 6.08 Å². The summed E-state index contributed by atoms with van der Waals surface area (Å²) in [5.41, 5.74) is 0. The molecule has 0 saturated heterocycles. The van der Waals surface area contributed by atoms with Crippen molar-refractivity contribution in [3.63, 3.8) is 0 Å². The predicted octanol–water partition coefficient (Wildman–Crippen LogP) is 3.85. The van der Waals surface area contributed by atoms with Crippen LogP contribution in [0.15, 0.2) is 36.5 Å². The monoisotopic (exact) mass is 735 g/mol. The molecule has 1 saturated carbocycles. The van der Waals surface area contributed by atoms with Crippen LogP contribution in [0.5, 0.6) is 0 Å². The van der Waals surface area contributed by atoms with Crippen LogP contribution in [0, 0.1) is 0 Å². The lowest BCUT2D eigenvalue weighted by Crippen LogP contribution is -2.64. The van der Waals surface area contributed by atoms with E-state index in [0.29, 0.717) is 12.8 Å². The van der Waals surface area contributed by atoms with Gasteiger partial charge in [-0.25, -0.2) is 4.57 Å². The number of allylic oxidation sites excluding steroid dienone is 5. The molecule has 9 N–H and O–H groups in total. The molecule has 50 heavy (non-hydrogen) atoms. The number of carbonyl (C=O) groups is 1. The number of phosphoric ester groups is 1. The topological polar surface area (TPSA) is 226 Å². The normalized spacial score (nSPS) is 26.0. The van der Waals surface area contributed by atoms with Crippen LogP contribution in [0.1, 0.15) is 123 Å². The Morgan fingerprint density at radius 2 is 1.22 bits per heavy atom. The maximum atomic E-state index is 12.8. The summed E-state index contributed by atoms with van der Waals surface area (Å²) in [5, 5.41) is 73.7. The average Bonchev–Trinajstić information content (AvgIpc) is 3.08. The smallest absolute Gasteiger partial charge is 0.393 e. The van der Waals surface area contributed by atoms with Gasteiger partial charge < -0.3 is 46.0 Å². The lowest BCUT2D eigenvalue weighted by molar-refractivity contribution is -0.220. The molecule has 0 aromatic carbocycles. The number of hydrogen-bond donors (Lipinski definition) is 9. The van der Waals surface area contributed by atoms with Gasteiger partial charge in [0.1, 0.15) is 36.6 Å². The molecular weight excluding hydrogens is 669 g/mol. The summed E-state index contributed by atoms with van der Waals surface area (Å²) in [6, 6.07) is -1.25. The van der Waals surface area contributed by atoms with E-state index in [-0.39, 0.29) is 6.42 Å². The molecule has 1 amide bonds. The standard InChI is InChI=1S/C36H66NO12P/c1-3-5-7-9-11-12-13-14-15-16-18-19-21-23-27(38)25-30(40)37-28(29(39)24-22-20-17-10-8-6-4-2)26-48-50(46,47)49-36-34(44)32(42)31(41)33(43)35(36)45/h8,10,12-13,22,24,27-29,31-36,38-39,41-45H,3-7,9,11,14-21,23,25-26H2,1-2H3,(H,37,40)(H,46,47)/b10-8+,13-12-,24-22+. The Morgan fingerprint density at radius 3 is 1.84 bits per heavy atom. The molecule has 0 heterocycles. The number of nitrogens with one attached hydrogen (secondary N) is 1. The predicted molar refractivity (Wildman–Crippen MR) is 192 cm³/mol. The zero-order chi connectivity index (χ0) is 37.4. The highest BCUT2D eigenvalue weighted by Crippen LogP contribution is 2.47. The Morgan fingerprint density at radius 1 is 0.700 bits per heavy atom. The first-order valence-corrected chi connectivity index (χ1v) is 20.0. The van der Waals surface area contributed by atoms with Gasteiger partial charge in [0, 0.05) is 0 Å². The third-order valence-electron chi connectivity index (χ3n) is 8.68. The van der Waals surface area contributed by atoms with E-state index in [2.05, 4.69) is 37.4 Å². The second-order valence-electron chi connectivity index (χ2n) is 13.2. The SMILES string of the molecule is CCC/C=C/CC/C=C/C(O)C(COP(=O)(O)OC1C(O)C(O)C(O)C(O)C1O)NC(=O)CC(O)CCCCCCC/C=C\CCCCCC. The fraction of sp³-hybridized carbons (Fsp3) is 0.806. The number of amides is 1. The van der Waals surface area contributed by atoms with Gasteiger partial charge >= 0.3 is 7.82 Å². The van der Waals surface area contributed by atoms with Crippen LogP contribution in [0.2, 0.25) is 0 Å². The number of unbranched alkanes of at least 4 members (excludes halogenated alkanes) is 11. The highest BCUT2D eigenvalue weighted by Gasteiger charge is 2.51. The molecule has 0 bridgehead atoms. The zero-order valence-corrected chi connectivity index (χ0v) is 30.9. The molecule has 14 heteroatoms. The third-order valence-corrected chi connectivity index (χ3v) is 9.66. The quantitative estimate of drug-likeness (QED) is 0.0317. The van der Waals surface area contributed by atoms with Crippen molar-refractivity contribution < 1.29 is 59.0 Å². The molecule has 0 aromatic heterocycles. The highest BCUT2D eigenvalue weighted by molar-refractivity contribution is 7.47. The molecule has 1 rings (SSSR count). The summed E-state index contributed by atoms with van der Waals surface area (Å²) in [5.74, 6) is -0.616. The summed E-state index contributed by atoms with van der Waals surface area (Å²) in [4.78, 5) is 23.1. The van der Waals surface area contributed by atoms with E-state index in [1.165, 1.54) is 31.8 Å². The van der Waals surface area contributed by atoms with E-state index in [0.717, 1.165) is 64.2 Å². The van der Waals surface area contributed by atoms with Crippen LogP contribution in [0.25, 0.3) is 0 Å². The fourth-order valence-electron chi connectivity index (χ4n) is 5.55. The van der Waals surface area contributed by atoms with Gasteiger partial charge in [-0.3, -0.25) is 13.8 Å². The van der Waals surface area contributed by atoms with E-state index < -0.39 is 75.2 Å². The third kappa shape index (κ3) is 19.9. The molecule has 8 atom stereocenters. The van der Waals surface area contributed by atoms with Crippen LogP contribution in [0.4, 0.5) is 0 Å². The second-order valence-corrected chi connectivity index (χ2v) is 14.6. The Bertz CT molecular complexity index is 1010. The number of carbonyl (C=O) groups excluding carboxylic acids is 1. The van der Waals surface area contributed by atoms with Gasteiger partial charge in [0.2, 0.25) is 5.91 Å². The van der Waals surface area contributed by atoms with Crippen molar-refractivity contribution in [2.24, 2.45) is 0 Å². The Labute approximate surface area is 298 Å². The number of aliphatic hydroxyl groups is 7. The molecule has 13 nitrogen and oxygen atoms in total. The Kier molecular flexibility index (Phi) is 25.3. The average molecular weight is 736 g/mol.